The first-order valence-corrected chi connectivity index (χ1v) is 5.34. The Morgan fingerprint density at radius 3 is 2.35 bits per heavy atom. The first kappa shape index (κ1) is 13.3. The van der Waals surface area contributed by atoms with E-state index in [9.17, 15) is 31.7 Å². The second-order valence-electron chi connectivity index (χ2n) is 2.78. The third-order valence-corrected chi connectivity index (χ3v) is 2.51. The number of aromatic nitrogens is 1. The minimum Gasteiger partial charge on any atom is -0.258 e. The lowest BCUT2D eigenvalue weighted by Crippen LogP contribution is -2.18. The molecule has 7 nitrogen and oxygen atoms in total. The maximum absolute atomic E-state index is 13.3. The van der Waals surface area contributed by atoms with Crippen LogP contribution in [0.4, 0.5) is 18.9 Å². The summed E-state index contributed by atoms with van der Waals surface area (Å²) in [4.78, 5) is 11.9. The van der Waals surface area contributed by atoms with Crippen molar-refractivity contribution in [2.45, 2.75) is 11.5 Å². The molecule has 0 amide bonds. The van der Waals surface area contributed by atoms with Crippen molar-refractivity contribution in [1.82, 2.24) is 4.98 Å². The number of sulfonamides is 1. The molecule has 2 N–H and O–H groups in total. The lowest BCUT2D eigenvalue weighted by molar-refractivity contribution is -0.386. The highest BCUT2D eigenvalue weighted by atomic mass is 32.2. The fraction of sp³-hybridized carbons (Fsp3) is 0.167. The van der Waals surface area contributed by atoms with E-state index in [4.69, 9.17) is 0 Å². The molecule has 94 valence electrons. The lowest BCUT2D eigenvalue weighted by Gasteiger charge is -2.05. The number of alkyl halides is 2. The molecule has 0 aromatic carbocycles. The Hall–Kier alpha value is -1.75. The van der Waals surface area contributed by atoms with Crippen molar-refractivity contribution < 1.29 is 26.5 Å². The van der Waals surface area contributed by atoms with Gasteiger partial charge in [0, 0.05) is 0 Å². The minimum absolute atomic E-state index is 0.213. The summed E-state index contributed by atoms with van der Waals surface area (Å²) in [6.45, 7) is 0. The highest BCUT2D eigenvalue weighted by Gasteiger charge is 2.32. The van der Waals surface area contributed by atoms with Crippen molar-refractivity contribution in [1.29, 1.82) is 0 Å². The Balaban J connectivity index is 3.67. The van der Waals surface area contributed by atoms with E-state index in [1.165, 1.54) is 0 Å². The van der Waals surface area contributed by atoms with Gasteiger partial charge in [-0.15, -0.1) is 0 Å². The quantitative estimate of drug-likeness (QED) is 0.642. The molecule has 0 spiro atoms. The molecule has 0 aliphatic rings. The largest absolute Gasteiger partial charge is 0.299 e. The summed E-state index contributed by atoms with van der Waals surface area (Å²) in [5.74, 6) is -2.02. The molecule has 0 fully saturated rings. The third-order valence-electron chi connectivity index (χ3n) is 1.69. The van der Waals surface area contributed by atoms with E-state index in [-0.39, 0.29) is 6.20 Å². The van der Waals surface area contributed by atoms with Crippen molar-refractivity contribution in [3.63, 3.8) is 0 Å². The molecule has 0 atom stereocenters. The highest BCUT2D eigenvalue weighted by Crippen LogP contribution is 2.32. The van der Waals surface area contributed by atoms with E-state index in [0.717, 1.165) is 0 Å². The Kier molecular flexibility index (Phi) is 3.33. The zero-order valence-corrected chi connectivity index (χ0v) is 8.62. The van der Waals surface area contributed by atoms with E-state index >= 15 is 0 Å². The molecule has 1 aromatic rings. The number of halogens is 3. The zero-order chi connectivity index (χ0) is 13.4. The van der Waals surface area contributed by atoms with Gasteiger partial charge in [-0.1, -0.05) is 0 Å². The molecule has 0 aliphatic carbocycles. The molecule has 17 heavy (non-hydrogen) atoms. The molecule has 1 aromatic heterocycles. The molecule has 0 bridgehead atoms. The van der Waals surface area contributed by atoms with Crippen LogP contribution in [0.3, 0.4) is 0 Å². The molecule has 0 radical (unpaired) electrons. The van der Waals surface area contributed by atoms with Gasteiger partial charge in [0.15, 0.2) is 5.82 Å². The Bertz CT molecular complexity index is 574. The Morgan fingerprint density at radius 2 is 2.00 bits per heavy atom. The summed E-state index contributed by atoms with van der Waals surface area (Å²) in [6.07, 6.45) is -3.36. The van der Waals surface area contributed by atoms with E-state index in [1.54, 1.807) is 0 Å². The number of nitrogens with two attached hydrogens (primary N) is 1. The van der Waals surface area contributed by atoms with Crippen LogP contribution >= 0.6 is 0 Å². The second kappa shape index (κ2) is 4.25. The number of nitro groups is 1. The van der Waals surface area contributed by atoms with Crippen LogP contribution in [-0.2, 0) is 10.0 Å². The van der Waals surface area contributed by atoms with Crippen molar-refractivity contribution >= 4 is 15.7 Å². The van der Waals surface area contributed by atoms with Gasteiger partial charge >= 0.3 is 0 Å². The van der Waals surface area contributed by atoms with E-state index in [0.29, 0.717) is 0 Å². The van der Waals surface area contributed by atoms with Crippen molar-refractivity contribution in [2.75, 3.05) is 0 Å². The van der Waals surface area contributed by atoms with Crippen LogP contribution in [-0.4, -0.2) is 18.3 Å². The van der Waals surface area contributed by atoms with Gasteiger partial charge in [-0.2, -0.15) is 0 Å². The number of nitrogens with zero attached hydrogens (tertiary/aromatic N) is 2. The van der Waals surface area contributed by atoms with Crippen LogP contribution in [0.5, 0.6) is 0 Å². The van der Waals surface area contributed by atoms with Crippen LogP contribution in [0.2, 0.25) is 0 Å². The minimum atomic E-state index is -4.67. The fourth-order valence-corrected chi connectivity index (χ4v) is 1.58. The van der Waals surface area contributed by atoms with Gasteiger partial charge in [0.05, 0.1) is 4.92 Å². The third kappa shape index (κ3) is 2.50. The summed E-state index contributed by atoms with van der Waals surface area (Å²) in [6, 6.07) is 0. The number of hydrogen-bond acceptors (Lipinski definition) is 5. The van der Waals surface area contributed by atoms with Crippen LogP contribution in [0, 0.1) is 15.9 Å². The first-order chi connectivity index (χ1) is 7.66. The van der Waals surface area contributed by atoms with Gasteiger partial charge in [-0.25, -0.2) is 31.7 Å². The number of primary sulfonamides is 1. The van der Waals surface area contributed by atoms with E-state index in [1.807, 2.05) is 0 Å². The number of rotatable bonds is 3. The Morgan fingerprint density at radius 1 is 1.47 bits per heavy atom. The molecule has 1 heterocycles. The van der Waals surface area contributed by atoms with Gasteiger partial charge in [0.1, 0.15) is 11.8 Å². The highest BCUT2D eigenvalue weighted by molar-refractivity contribution is 7.89. The topological polar surface area (TPSA) is 116 Å². The van der Waals surface area contributed by atoms with Gasteiger partial charge in [-0.3, -0.25) is 10.1 Å². The normalized spacial score (nSPS) is 11.8. The monoisotopic (exact) mass is 271 g/mol. The van der Waals surface area contributed by atoms with Crippen molar-refractivity contribution in [2.24, 2.45) is 5.14 Å². The predicted octanol–water partition coefficient (Wildman–Crippen LogP) is 0.714. The van der Waals surface area contributed by atoms with Crippen LogP contribution in [0.25, 0.3) is 0 Å². The molecule has 0 saturated carbocycles. The number of pyridine rings is 1. The summed E-state index contributed by atoms with van der Waals surface area (Å²) in [5.41, 5.74) is -2.97. The van der Waals surface area contributed by atoms with Crippen LogP contribution in [0.1, 0.15) is 12.0 Å². The van der Waals surface area contributed by atoms with Gasteiger partial charge < -0.3 is 0 Å². The van der Waals surface area contributed by atoms with Gasteiger partial charge in [0.25, 0.3) is 22.1 Å². The molecule has 0 unspecified atom stereocenters. The van der Waals surface area contributed by atoms with Crippen molar-refractivity contribution in [3.8, 4) is 0 Å². The van der Waals surface area contributed by atoms with Gasteiger partial charge in [-0.05, 0) is 0 Å². The first-order valence-electron chi connectivity index (χ1n) is 3.80. The van der Waals surface area contributed by atoms with Crippen molar-refractivity contribution in [3.05, 3.63) is 27.7 Å². The summed E-state index contributed by atoms with van der Waals surface area (Å²) < 4.78 is 59.7. The summed E-state index contributed by atoms with van der Waals surface area (Å²) in [7, 11) is -4.67. The average molecular weight is 271 g/mol. The maximum Gasteiger partial charge on any atom is 0.299 e. The van der Waals surface area contributed by atoms with Crippen LogP contribution in [0.15, 0.2) is 11.2 Å². The Labute approximate surface area is 92.3 Å². The summed E-state index contributed by atoms with van der Waals surface area (Å²) in [5, 5.41) is 13.4. The van der Waals surface area contributed by atoms with Gasteiger partial charge in [0.2, 0.25) is 5.03 Å². The average Bonchev–Trinajstić information content (AvgIpc) is 2.13. The SMILES string of the molecule is NS(=O)(=O)c1ncc([N+](=O)[O-])c(C(F)F)c1F. The maximum atomic E-state index is 13.3. The molecular formula is C6H4F3N3O4S. The molecule has 11 heteroatoms. The summed E-state index contributed by atoms with van der Waals surface area (Å²) >= 11 is 0. The predicted molar refractivity (Wildman–Crippen MR) is 47.2 cm³/mol. The zero-order valence-electron chi connectivity index (χ0n) is 7.80. The molecular weight excluding hydrogens is 267 g/mol. The van der Waals surface area contributed by atoms with Crippen LogP contribution < -0.4 is 5.14 Å². The molecule has 0 aliphatic heterocycles. The second-order valence-corrected chi connectivity index (χ2v) is 4.26. The number of hydrogen-bond donors (Lipinski definition) is 1. The van der Waals surface area contributed by atoms with E-state index < -0.39 is 43.5 Å². The molecule has 1 rings (SSSR count). The van der Waals surface area contributed by atoms with E-state index in [2.05, 4.69) is 10.1 Å². The lowest BCUT2D eigenvalue weighted by atomic mass is 10.2. The molecule has 0 saturated heterocycles. The standard InChI is InChI=1S/C6H4F3N3O4S/c7-4-3(5(8)9)2(12(13)14)1-11-6(4)17(10,15)16/h1,5H,(H2,10,15,16). The fourth-order valence-electron chi connectivity index (χ4n) is 1.03. The smallest absolute Gasteiger partial charge is 0.258 e.